The number of halogens is 1. The topological polar surface area (TPSA) is 80.4 Å². The van der Waals surface area contributed by atoms with E-state index in [0.29, 0.717) is 43.9 Å². The molecular formula is C28H30FN3O2S2. The summed E-state index contributed by atoms with van der Waals surface area (Å²) in [5.41, 5.74) is 8.28. The maximum absolute atomic E-state index is 15.5. The van der Waals surface area contributed by atoms with E-state index < -0.39 is 16.8 Å². The number of ether oxygens (including phenoxy) is 1. The maximum atomic E-state index is 15.5. The van der Waals surface area contributed by atoms with Gasteiger partial charge in [0.1, 0.15) is 10.4 Å². The minimum Gasteiger partial charge on any atom is -0.390 e. The van der Waals surface area contributed by atoms with Gasteiger partial charge in [-0.1, -0.05) is 66.4 Å². The van der Waals surface area contributed by atoms with Crippen molar-refractivity contribution in [1.82, 2.24) is 10.3 Å². The second kappa shape index (κ2) is 8.96. The lowest BCUT2D eigenvalue weighted by molar-refractivity contribution is -0.0738. The number of thioether (sulfide) groups is 1. The highest BCUT2D eigenvalue weighted by Crippen LogP contribution is 2.51. The fourth-order valence-corrected chi connectivity index (χ4v) is 7.98. The Morgan fingerprint density at radius 3 is 2.42 bits per heavy atom. The molecule has 2 aliphatic heterocycles. The fraction of sp³-hybridized carbons (Fsp3) is 0.393. The minimum atomic E-state index is -1.40. The van der Waals surface area contributed by atoms with E-state index in [0.717, 1.165) is 32.2 Å². The maximum Gasteiger partial charge on any atom is 0.166 e. The summed E-state index contributed by atoms with van der Waals surface area (Å²) in [6.45, 7) is 2.70. The Morgan fingerprint density at radius 2 is 1.75 bits per heavy atom. The molecule has 0 spiro atoms. The van der Waals surface area contributed by atoms with Crippen LogP contribution in [0.25, 0.3) is 10.6 Å². The lowest BCUT2D eigenvalue weighted by Gasteiger charge is -2.49. The van der Waals surface area contributed by atoms with Crippen molar-refractivity contribution >= 4 is 33.7 Å². The number of rotatable bonds is 5. The molecule has 1 atom stereocenters. The predicted molar refractivity (Wildman–Crippen MR) is 144 cm³/mol. The number of benzene rings is 2. The van der Waals surface area contributed by atoms with Crippen molar-refractivity contribution in [2.45, 2.75) is 54.8 Å². The zero-order valence-electron chi connectivity index (χ0n) is 20.2. The first-order valence-electron chi connectivity index (χ1n) is 12.3. The summed E-state index contributed by atoms with van der Waals surface area (Å²) < 4.78 is 20.9. The van der Waals surface area contributed by atoms with E-state index in [1.54, 1.807) is 11.8 Å². The molecule has 188 valence electrons. The smallest absolute Gasteiger partial charge is 0.166 e. The molecule has 2 aromatic carbocycles. The van der Waals surface area contributed by atoms with Crippen molar-refractivity contribution in [3.05, 3.63) is 87.4 Å². The van der Waals surface area contributed by atoms with Crippen molar-refractivity contribution in [3.63, 3.8) is 0 Å². The van der Waals surface area contributed by atoms with E-state index in [1.165, 1.54) is 11.3 Å². The minimum absolute atomic E-state index is 0.0489. The number of nitrogens with zero attached hydrogens (tertiary/aromatic N) is 1. The summed E-state index contributed by atoms with van der Waals surface area (Å²) in [5.74, 6) is 0. The van der Waals surface area contributed by atoms with Crippen LogP contribution in [-0.2, 0) is 15.9 Å². The number of aliphatic hydroxyl groups is 1. The SMILES string of the molecule is C[C@]1(O)C[C@@](N)(c2ccc(C3=C(c4ccccc4)SC(c4cnc(C5(F)CCOCC5)s4)N3)cc2)C1. The molecule has 1 aliphatic carbocycles. The van der Waals surface area contributed by atoms with Gasteiger partial charge in [0, 0.05) is 29.5 Å². The number of nitrogens with one attached hydrogen (secondary N) is 1. The molecule has 1 aromatic heterocycles. The van der Waals surface area contributed by atoms with E-state index >= 15 is 4.39 Å². The number of hydrogen-bond acceptors (Lipinski definition) is 7. The van der Waals surface area contributed by atoms with Crippen molar-refractivity contribution < 1.29 is 14.2 Å². The highest BCUT2D eigenvalue weighted by atomic mass is 32.2. The summed E-state index contributed by atoms with van der Waals surface area (Å²) in [5, 5.41) is 14.4. The van der Waals surface area contributed by atoms with Crippen LogP contribution in [-0.4, -0.2) is 28.9 Å². The van der Waals surface area contributed by atoms with Crippen LogP contribution in [0.1, 0.15) is 64.6 Å². The van der Waals surface area contributed by atoms with Crippen molar-refractivity contribution in [2.24, 2.45) is 5.73 Å². The fourth-order valence-electron chi connectivity index (χ4n) is 5.55. The zero-order chi connectivity index (χ0) is 25.0. The van der Waals surface area contributed by atoms with Gasteiger partial charge >= 0.3 is 0 Å². The van der Waals surface area contributed by atoms with Crippen molar-refractivity contribution in [1.29, 1.82) is 0 Å². The quantitative estimate of drug-likeness (QED) is 0.399. The lowest BCUT2D eigenvalue weighted by Crippen LogP contribution is -2.58. The molecule has 4 N–H and O–H groups in total. The number of alkyl halides is 1. The molecule has 8 heteroatoms. The molecular weight excluding hydrogens is 493 g/mol. The molecule has 1 saturated heterocycles. The molecule has 36 heavy (non-hydrogen) atoms. The van der Waals surface area contributed by atoms with Crippen LogP contribution in [0, 0.1) is 0 Å². The Morgan fingerprint density at radius 1 is 1.06 bits per heavy atom. The van der Waals surface area contributed by atoms with Crippen molar-refractivity contribution in [2.75, 3.05) is 13.2 Å². The molecule has 1 unspecified atom stereocenters. The van der Waals surface area contributed by atoms with Crippen LogP contribution in [0.5, 0.6) is 0 Å². The molecule has 3 aliphatic rings. The van der Waals surface area contributed by atoms with Crippen molar-refractivity contribution in [3.8, 4) is 0 Å². The Bertz CT molecular complexity index is 1280. The Hall–Kier alpha value is -2.23. The van der Waals surface area contributed by atoms with E-state index in [4.69, 9.17) is 10.5 Å². The van der Waals surface area contributed by atoms with Gasteiger partial charge < -0.3 is 20.9 Å². The van der Waals surface area contributed by atoms with Gasteiger partial charge in [-0.15, -0.1) is 11.3 Å². The van der Waals surface area contributed by atoms with Gasteiger partial charge in [0.05, 0.1) is 29.4 Å². The number of aromatic nitrogens is 1. The molecule has 3 aromatic rings. The van der Waals surface area contributed by atoms with E-state index in [9.17, 15) is 5.11 Å². The second-order valence-electron chi connectivity index (χ2n) is 10.4. The normalized spacial score (nSPS) is 29.6. The van der Waals surface area contributed by atoms with Gasteiger partial charge in [-0.05, 0) is 36.5 Å². The molecule has 6 rings (SSSR count). The summed E-state index contributed by atoms with van der Waals surface area (Å²) in [6, 6.07) is 18.7. The molecule has 3 heterocycles. The zero-order valence-corrected chi connectivity index (χ0v) is 21.8. The van der Waals surface area contributed by atoms with Gasteiger partial charge in [0.15, 0.2) is 5.67 Å². The first-order chi connectivity index (χ1) is 17.2. The Kier molecular flexibility index (Phi) is 6.00. The molecule has 0 radical (unpaired) electrons. The second-order valence-corrected chi connectivity index (χ2v) is 12.6. The summed E-state index contributed by atoms with van der Waals surface area (Å²) in [6.07, 6.45) is 3.65. The van der Waals surface area contributed by atoms with Crippen LogP contribution in [0.3, 0.4) is 0 Å². The molecule has 2 fully saturated rings. The van der Waals surface area contributed by atoms with Gasteiger partial charge in [0.2, 0.25) is 0 Å². The average molecular weight is 524 g/mol. The number of hydrogen-bond donors (Lipinski definition) is 3. The van der Waals surface area contributed by atoms with E-state index in [1.807, 2.05) is 31.3 Å². The van der Waals surface area contributed by atoms with E-state index in [-0.39, 0.29) is 5.37 Å². The van der Waals surface area contributed by atoms with Crippen LogP contribution < -0.4 is 11.1 Å². The van der Waals surface area contributed by atoms with Gasteiger partial charge in [-0.25, -0.2) is 9.37 Å². The third-order valence-corrected chi connectivity index (χ3v) is 10.0. The Balaban J connectivity index is 1.29. The number of thiazole rings is 1. The Labute approximate surface area is 219 Å². The summed E-state index contributed by atoms with van der Waals surface area (Å²) in [7, 11) is 0. The third-order valence-electron chi connectivity index (χ3n) is 7.37. The summed E-state index contributed by atoms with van der Waals surface area (Å²) in [4.78, 5) is 6.66. The number of nitrogens with two attached hydrogens (primary N) is 1. The average Bonchev–Trinajstić information content (AvgIpc) is 3.52. The van der Waals surface area contributed by atoms with Crippen LogP contribution in [0.4, 0.5) is 4.39 Å². The summed E-state index contributed by atoms with van der Waals surface area (Å²) >= 11 is 3.19. The molecule has 0 amide bonds. The standard InChI is InChI=1S/C28H30FN3O2S2/c1-26(33)16-28(30,17-26)20-9-7-18(8-10-20)22-23(19-5-3-2-4-6-19)36-24(32-22)21-15-31-25(35-21)27(29)11-13-34-14-12-27/h2-10,15,24,32-33H,11-14,16-17,30H2,1H3/t24?,26-,28-. The molecule has 1 saturated carbocycles. The van der Waals surface area contributed by atoms with E-state index in [2.05, 4.69) is 46.7 Å². The van der Waals surface area contributed by atoms with Gasteiger partial charge in [0.25, 0.3) is 0 Å². The highest BCUT2D eigenvalue weighted by molar-refractivity contribution is 8.09. The molecule has 5 nitrogen and oxygen atoms in total. The van der Waals surface area contributed by atoms with Crippen LogP contribution >= 0.6 is 23.1 Å². The third kappa shape index (κ3) is 4.39. The lowest BCUT2D eigenvalue weighted by atomic mass is 9.63. The van der Waals surface area contributed by atoms with Gasteiger partial charge in [-0.2, -0.15) is 0 Å². The highest BCUT2D eigenvalue weighted by Gasteiger charge is 2.49. The van der Waals surface area contributed by atoms with Gasteiger partial charge in [-0.3, -0.25) is 0 Å². The van der Waals surface area contributed by atoms with Crippen LogP contribution in [0.15, 0.2) is 60.8 Å². The van der Waals surface area contributed by atoms with Crippen LogP contribution in [0.2, 0.25) is 0 Å². The largest absolute Gasteiger partial charge is 0.390 e. The first kappa shape index (κ1) is 24.1. The first-order valence-corrected chi connectivity index (χ1v) is 14.0. The predicted octanol–water partition coefficient (Wildman–Crippen LogP) is 5.68. The molecule has 0 bridgehead atoms. The monoisotopic (exact) mass is 523 g/mol.